The van der Waals surface area contributed by atoms with Gasteiger partial charge in [0, 0.05) is 15.7 Å². The second kappa shape index (κ2) is 4.03. The molecule has 0 radical (unpaired) electrons. The lowest BCUT2D eigenvalue weighted by Gasteiger charge is -2.07. The van der Waals surface area contributed by atoms with Gasteiger partial charge in [0.2, 0.25) is 0 Å². The molecule has 1 aliphatic carbocycles. The monoisotopic (exact) mass is 311 g/mol. The van der Waals surface area contributed by atoms with E-state index in [2.05, 4.69) is 21.0 Å². The molecule has 0 saturated heterocycles. The molecule has 3 nitrogen and oxygen atoms in total. The summed E-state index contributed by atoms with van der Waals surface area (Å²) < 4.78 is 2.84. The van der Waals surface area contributed by atoms with E-state index < -0.39 is 0 Å². The molecule has 1 aromatic carbocycles. The highest BCUT2D eigenvalue weighted by molar-refractivity contribution is 9.10. The maximum Gasteiger partial charge on any atom is 0.149 e. The molecule has 3 rings (SSSR count). The van der Waals surface area contributed by atoms with Crippen molar-refractivity contribution in [2.75, 3.05) is 5.73 Å². The number of anilines is 1. The molecule has 0 amide bonds. The van der Waals surface area contributed by atoms with Crippen LogP contribution in [0.3, 0.4) is 0 Å². The molecule has 1 heterocycles. The molecule has 17 heavy (non-hydrogen) atoms. The van der Waals surface area contributed by atoms with E-state index in [0.29, 0.717) is 10.8 Å². The van der Waals surface area contributed by atoms with Gasteiger partial charge in [0.1, 0.15) is 5.82 Å². The summed E-state index contributed by atoms with van der Waals surface area (Å²) in [4.78, 5) is 0. The van der Waals surface area contributed by atoms with E-state index in [-0.39, 0.29) is 0 Å². The van der Waals surface area contributed by atoms with Crippen molar-refractivity contribution < 1.29 is 0 Å². The molecule has 0 spiro atoms. The van der Waals surface area contributed by atoms with Crippen LogP contribution in [0.4, 0.5) is 5.82 Å². The molecular weight excluding hydrogens is 302 g/mol. The Hall–Kier alpha value is -1.00. The number of aromatic nitrogens is 2. The maximum absolute atomic E-state index is 6.24. The number of fused-ring (bicyclic) bond motifs is 1. The van der Waals surface area contributed by atoms with Crippen LogP contribution in [0, 0.1) is 0 Å². The summed E-state index contributed by atoms with van der Waals surface area (Å²) >= 11 is 9.64. The fourth-order valence-electron chi connectivity index (χ4n) is 2.32. The van der Waals surface area contributed by atoms with Crippen molar-refractivity contribution in [2.24, 2.45) is 0 Å². The molecule has 1 aromatic heterocycles. The Balaban J connectivity index is 2.19. The van der Waals surface area contributed by atoms with Crippen LogP contribution in [0.25, 0.3) is 5.69 Å². The zero-order valence-electron chi connectivity index (χ0n) is 9.08. The average molecular weight is 313 g/mol. The van der Waals surface area contributed by atoms with Crippen LogP contribution in [0.15, 0.2) is 22.7 Å². The molecule has 2 N–H and O–H groups in total. The topological polar surface area (TPSA) is 43.8 Å². The Labute approximate surface area is 113 Å². The minimum atomic E-state index is 0.636. The molecule has 0 atom stereocenters. The fraction of sp³-hybridized carbons (Fsp3) is 0.250. The number of hydrogen-bond donors (Lipinski definition) is 1. The number of nitrogens with zero attached hydrogens (tertiary/aromatic N) is 2. The predicted molar refractivity (Wildman–Crippen MR) is 72.7 cm³/mol. The van der Waals surface area contributed by atoms with Gasteiger partial charge in [-0.25, -0.2) is 4.68 Å². The Morgan fingerprint density at radius 2 is 2.18 bits per heavy atom. The van der Waals surface area contributed by atoms with Crippen molar-refractivity contribution in [1.82, 2.24) is 9.78 Å². The SMILES string of the molecule is Nc1nn(-c2ccc(Br)cc2Cl)c2c1CCC2. The molecule has 0 aliphatic heterocycles. The van der Waals surface area contributed by atoms with Crippen molar-refractivity contribution in [2.45, 2.75) is 19.3 Å². The Bertz CT molecular complexity index is 592. The smallest absolute Gasteiger partial charge is 0.149 e. The van der Waals surface area contributed by atoms with Gasteiger partial charge >= 0.3 is 0 Å². The van der Waals surface area contributed by atoms with Gasteiger partial charge in [-0.15, -0.1) is 0 Å². The minimum Gasteiger partial charge on any atom is -0.382 e. The van der Waals surface area contributed by atoms with Crippen LogP contribution in [0.5, 0.6) is 0 Å². The maximum atomic E-state index is 6.24. The largest absolute Gasteiger partial charge is 0.382 e. The van der Waals surface area contributed by atoms with Gasteiger partial charge in [0.05, 0.1) is 10.7 Å². The fourth-order valence-corrected chi connectivity index (χ4v) is 3.07. The van der Waals surface area contributed by atoms with Gasteiger partial charge in [0.15, 0.2) is 0 Å². The third-order valence-electron chi connectivity index (χ3n) is 3.10. The summed E-state index contributed by atoms with van der Waals surface area (Å²) in [6, 6.07) is 5.79. The van der Waals surface area contributed by atoms with Gasteiger partial charge in [-0.2, -0.15) is 5.10 Å². The van der Waals surface area contributed by atoms with Gasteiger partial charge < -0.3 is 5.73 Å². The molecule has 0 unspecified atom stereocenters. The van der Waals surface area contributed by atoms with Crippen LogP contribution in [0.2, 0.25) is 5.02 Å². The van der Waals surface area contributed by atoms with Crippen LogP contribution in [-0.2, 0) is 12.8 Å². The third-order valence-corrected chi connectivity index (χ3v) is 3.90. The van der Waals surface area contributed by atoms with E-state index in [0.717, 1.165) is 29.4 Å². The lowest BCUT2D eigenvalue weighted by atomic mass is 10.2. The molecular formula is C12H11BrClN3. The van der Waals surface area contributed by atoms with Crippen molar-refractivity contribution in [3.05, 3.63) is 39.0 Å². The van der Waals surface area contributed by atoms with E-state index in [1.54, 1.807) is 0 Å². The standard InChI is InChI=1S/C12H11BrClN3/c13-7-4-5-11(9(14)6-7)17-10-3-1-2-8(10)12(15)16-17/h4-6H,1-3H2,(H2,15,16). The normalized spacial score (nSPS) is 14.0. The first-order chi connectivity index (χ1) is 8.16. The lowest BCUT2D eigenvalue weighted by molar-refractivity contribution is 0.788. The molecule has 0 saturated carbocycles. The second-order valence-electron chi connectivity index (χ2n) is 4.17. The van der Waals surface area contributed by atoms with Crippen molar-refractivity contribution in [3.63, 3.8) is 0 Å². The summed E-state index contributed by atoms with van der Waals surface area (Å²) in [6.07, 6.45) is 3.19. The first-order valence-electron chi connectivity index (χ1n) is 5.48. The van der Waals surface area contributed by atoms with Crippen LogP contribution >= 0.6 is 27.5 Å². The summed E-state index contributed by atoms with van der Waals surface area (Å²) in [6.45, 7) is 0. The summed E-state index contributed by atoms with van der Waals surface area (Å²) in [5.41, 5.74) is 9.20. The lowest BCUT2D eigenvalue weighted by Crippen LogP contribution is -2.02. The summed E-state index contributed by atoms with van der Waals surface area (Å²) in [7, 11) is 0. The van der Waals surface area contributed by atoms with Gasteiger partial charge in [-0.3, -0.25) is 0 Å². The van der Waals surface area contributed by atoms with Crippen LogP contribution < -0.4 is 5.73 Å². The van der Waals surface area contributed by atoms with Gasteiger partial charge in [-0.05, 0) is 37.5 Å². The van der Waals surface area contributed by atoms with Crippen LogP contribution in [-0.4, -0.2) is 9.78 Å². The number of halogens is 2. The first kappa shape index (κ1) is 11.1. The highest BCUT2D eigenvalue weighted by atomic mass is 79.9. The minimum absolute atomic E-state index is 0.636. The van der Waals surface area contributed by atoms with Gasteiger partial charge in [0.25, 0.3) is 0 Å². The van der Waals surface area contributed by atoms with Crippen molar-refractivity contribution in [1.29, 1.82) is 0 Å². The molecule has 2 aromatic rings. The van der Waals surface area contributed by atoms with Crippen molar-refractivity contribution >= 4 is 33.3 Å². The number of benzene rings is 1. The summed E-state index contributed by atoms with van der Waals surface area (Å²) in [5, 5.41) is 5.07. The number of nitrogens with two attached hydrogens (primary N) is 1. The average Bonchev–Trinajstić information content (AvgIpc) is 2.84. The first-order valence-corrected chi connectivity index (χ1v) is 6.65. The Morgan fingerprint density at radius 1 is 1.35 bits per heavy atom. The zero-order chi connectivity index (χ0) is 12.0. The van der Waals surface area contributed by atoms with Crippen molar-refractivity contribution in [3.8, 4) is 5.69 Å². The second-order valence-corrected chi connectivity index (χ2v) is 5.49. The van der Waals surface area contributed by atoms with E-state index in [9.17, 15) is 0 Å². The van der Waals surface area contributed by atoms with Crippen LogP contribution in [0.1, 0.15) is 17.7 Å². The Morgan fingerprint density at radius 3 is 2.94 bits per heavy atom. The van der Waals surface area contributed by atoms with E-state index >= 15 is 0 Å². The molecule has 1 aliphatic rings. The molecule has 5 heteroatoms. The van der Waals surface area contributed by atoms with E-state index in [1.807, 2.05) is 22.9 Å². The third kappa shape index (κ3) is 1.76. The summed E-state index contributed by atoms with van der Waals surface area (Å²) in [5.74, 6) is 0.636. The number of nitrogen functional groups attached to an aromatic ring is 1. The molecule has 0 bridgehead atoms. The predicted octanol–water partition coefficient (Wildman–Crippen LogP) is 3.36. The Kier molecular flexibility index (Phi) is 2.64. The molecule has 0 fully saturated rings. The zero-order valence-corrected chi connectivity index (χ0v) is 11.4. The highest BCUT2D eigenvalue weighted by Crippen LogP contribution is 2.32. The number of rotatable bonds is 1. The van der Waals surface area contributed by atoms with Gasteiger partial charge in [-0.1, -0.05) is 27.5 Å². The van der Waals surface area contributed by atoms with E-state index in [4.69, 9.17) is 17.3 Å². The highest BCUT2D eigenvalue weighted by Gasteiger charge is 2.22. The quantitative estimate of drug-likeness (QED) is 0.877. The number of hydrogen-bond acceptors (Lipinski definition) is 2. The molecule has 88 valence electrons. The van der Waals surface area contributed by atoms with E-state index in [1.165, 1.54) is 11.3 Å².